The molecule has 1 heterocycles. The molecular formula is C18H26N4O. The molecule has 0 spiro atoms. The molecule has 0 aliphatic carbocycles. The van der Waals surface area contributed by atoms with Crippen molar-refractivity contribution in [2.45, 2.75) is 13.5 Å². The monoisotopic (exact) mass is 314 g/mol. The summed E-state index contributed by atoms with van der Waals surface area (Å²) in [5.74, 6) is 1.77. The fourth-order valence-corrected chi connectivity index (χ4v) is 2.28. The highest BCUT2D eigenvalue weighted by Crippen LogP contribution is 2.08. The van der Waals surface area contributed by atoms with Gasteiger partial charge < -0.3 is 19.5 Å². The number of aryl methyl sites for hydroxylation is 1. The van der Waals surface area contributed by atoms with E-state index < -0.39 is 0 Å². The molecule has 0 fully saturated rings. The lowest BCUT2D eigenvalue weighted by atomic mass is 10.3. The second-order valence-electron chi connectivity index (χ2n) is 5.36. The Balaban J connectivity index is 1.87. The molecule has 0 unspecified atom stereocenters. The van der Waals surface area contributed by atoms with E-state index in [4.69, 9.17) is 4.74 Å². The molecule has 1 aromatic carbocycles. The van der Waals surface area contributed by atoms with Crippen molar-refractivity contribution in [3.63, 3.8) is 0 Å². The summed E-state index contributed by atoms with van der Waals surface area (Å²) in [5.41, 5.74) is 1.25. The van der Waals surface area contributed by atoms with Crippen LogP contribution in [0.3, 0.4) is 0 Å². The van der Waals surface area contributed by atoms with Crippen molar-refractivity contribution in [3.8, 4) is 5.75 Å². The quantitative estimate of drug-likeness (QED) is 0.485. The van der Waals surface area contributed by atoms with Crippen molar-refractivity contribution in [1.82, 2.24) is 14.8 Å². The first-order valence-electron chi connectivity index (χ1n) is 7.98. The summed E-state index contributed by atoms with van der Waals surface area (Å²) < 4.78 is 7.81. The summed E-state index contributed by atoms with van der Waals surface area (Å²) in [4.78, 5) is 6.76. The van der Waals surface area contributed by atoms with Crippen molar-refractivity contribution in [1.29, 1.82) is 0 Å². The first kappa shape index (κ1) is 16.9. The number of rotatable bonds is 7. The number of para-hydroxylation sites is 1. The fraction of sp³-hybridized carbons (Fsp3) is 0.389. The number of guanidine groups is 1. The van der Waals surface area contributed by atoms with E-state index in [1.54, 1.807) is 0 Å². The molecule has 0 amide bonds. The van der Waals surface area contributed by atoms with Crippen molar-refractivity contribution < 1.29 is 4.74 Å². The van der Waals surface area contributed by atoms with Crippen LogP contribution >= 0.6 is 0 Å². The number of hydrogen-bond donors (Lipinski definition) is 1. The number of hydrogen-bond acceptors (Lipinski definition) is 2. The maximum absolute atomic E-state index is 5.68. The van der Waals surface area contributed by atoms with Gasteiger partial charge in [0.05, 0.1) is 13.1 Å². The normalized spacial score (nSPS) is 11.3. The van der Waals surface area contributed by atoms with Gasteiger partial charge in [-0.05, 0) is 31.2 Å². The molecule has 5 heteroatoms. The lowest BCUT2D eigenvalue weighted by Gasteiger charge is -2.22. The highest BCUT2D eigenvalue weighted by Gasteiger charge is 2.07. The Hall–Kier alpha value is -2.43. The molecule has 0 saturated carbocycles. The van der Waals surface area contributed by atoms with Crippen LogP contribution in [0.1, 0.15) is 12.6 Å². The van der Waals surface area contributed by atoms with E-state index in [1.807, 2.05) is 37.4 Å². The molecule has 0 atom stereocenters. The Morgan fingerprint density at radius 2 is 2.00 bits per heavy atom. The average Bonchev–Trinajstić information content (AvgIpc) is 2.96. The van der Waals surface area contributed by atoms with Crippen LogP contribution in [0.15, 0.2) is 53.7 Å². The predicted octanol–water partition coefficient (Wildman–Crippen LogP) is 2.50. The van der Waals surface area contributed by atoms with Gasteiger partial charge in [-0.2, -0.15) is 0 Å². The number of benzene rings is 1. The standard InChI is InChI=1S/C18H26N4O/c1-4-19-18(22(3)15-16-9-8-13-21(16)2)20-12-14-23-17-10-6-5-7-11-17/h5-11,13H,4,12,14-15H2,1-3H3,(H,19,20). The van der Waals surface area contributed by atoms with Gasteiger partial charge in [0.15, 0.2) is 5.96 Å². The maximum Gasteiger partial charge on any atom is 0.194 e. The number of nitrogens with one attached hydrogen (secondary N) is 1. The van der Waals surface area contributed by atoms with Crippen LogP contribution in [0.2, 0.25) is 0 Å². The third-order valence-electron chi connectivity index (χ3n) is 3.51. The zero-order valence-corrected chi connectivity index (χ0v) is 14.2. The lowest BCUT2D eigenvalue weighted by molar-refractivity contribution is 0.327. The Kier molecular flexibility index (Phi) is 6.54. The van der Waals surface area contributed by atoms with Crippen LogP contribution in [-0.2, 0) is 13.6 Å². The van der Waals surface area contributed by atoms with Crippen molar-refractivity contribution >= 4 is 5.96 Å². The van der Waals surface area contributed by atoms with Crippen LogP contribution in [0.25, 0.3) is 0 Å². The minimum atomic E-state index is 0.566. The molecule has 0 saturated heterocycles. The highest BCUT2D eigenvalue weighted by atomic mass is 16.5. The topological polar surface area (TPSA) is 41.8 Å². The van der Waals surface area contributed by atoms with E-state index in [2.05, 4.69) is 52.1 Å². The van der Waals surface area contributed by atoms with Crippen LogP contribution in [0, 0.1) is 0 Å². The minimum Gasteiger partial charge on any atom is -0.492 e. The average molecular weight is 314 g/mol. The van der Waals surface area contributed by atoms with Gasteiger partial charge in [0.1, 0.15) is 12.4 Å². The molecule has 5 nitrogen and oxygen atoms in total. The lowest BCUT2D eigenvalue weighted by Crippen LogP contribution is -2.39. The highest BCUT2D eigenvalue weighted by molar-refractivity contribution is 5.79. The third kappa shape index (κ3) is 5.36. The number of nitrogens with zero attached hydrogens (tertiary/aromatic N) is 3. The van der Waals surface area contributed by atoms with Gasteiger partial charge in [-0.3, -0.25) is 0 Å². The molecule has 1 N–H and O–H groups in total. The van der Waals surface area contributed by atoms with E-state index in [9.17, 15) is 0 Å². The Labute approximate surface area is 138 Å². The number of ether oxygens (including phenoxy) is 1. The largest absolute Gasteiger partial charge is 0.492 e. The summed E-state index contributed by atoms with van der Waals surface area (Å²) in [5, 5.41) is 3.32. The second kappa shape index (κ2) is 8.88. The maximum atomic E-state index is 5.68. The predicted molar refractivity (Wildman–Crippen MR) is 94.8 cm³/mol. The Morgan fingerprint density at radius 1 is 1.22 bits per heavy atom. The van der Waals surface area contributed by atoms with E-state index >= 15 is 0 Å². The zero-order chi connectivity index (χ0) is 16.5. The molecule has 23 heavy (non-hydrogen) atoms. The summed E-state index contributed by atoms with van der Waals surface area (Å²) in [7, 11) is 4.10. The molecule has 0 aliphatic heterocycles. The molecule has 0 bridgehead atoms. The van der Waals surface area contributed by atoms with Gasteiger partial charge in [0, 0.05) is 32.5 Å². The van der Waals surface area contributed by atoms with Crippen LogP contribution < -0.4 is 10.1 Å². The van der Waals surface area contributed by atoms with Gasteiger partial charge in [-0.15, -0.1) is 0 Å². The van der Waals surface area contributed by atoms with Gasteiger partial charge in [-0.1, -0.05) is 18.2 Å². The zero-order valence-electron chi connectivity index (χ0n) is 14.2. The smallest absolute Gasteiger partial charge is 0.194 e. The summed E-state index contributed by atoms with van der Waals surface area (Å²) in [6.45, 7) is 4.92. The molecule has 124 valence electrons. The molecule has 2 aromatic rings. The molecule has 0 aliphatic rings. The van der Waals surface area contributed by atoms with E-state index in [1.165, 1.54) is 5.69 Å². The van der Waals surface area contributed by atoms with Crippen LogP contribution in [0.4, 0.5) is 0 Å². The van der Waals surface area contributed by atoms with Crippen LogP contribution in [-0.4, -0.2) is 42.2 Å². The number of aliphatic imine (C=N–C) groups is 1. The van der Waals surface area contributed by atoms with E-state index in [0.29, 0.717) is 13.2 Å². The number of aromatic nitrogens is 1. The minimum absolute atomic E-state index is 0.566. The van der Waals surface area contributed by atoms with Gasteiger partial charge >= 0.3 is 0 Å². The van der Waals surface area contributed by atoms with Gasteiger partial charge in [0.25, 0.3) is 0 Å². The first-order chi connectivity index (χ1) is 11.2. The van der Waals surface area contributed by atoms with Gasteiger partial charge in [0.2, 0.25) is 0 Å². The summed E-state index contributed by atoms with van der Waals surface area (Å²) in [6, 6.07) is 14.0. The molecule has 0 radical (unpaired) electrons. The SMILES string of the molecule is CCNC(=NCCOc1ccccc1)N(C)Cc1cccn1C. The summed E-state index contributed by atoms with van der Waals surface area (Å²) >= 11 is 0. The van der Waals surface area contributed by atoms with Crippen LogP contribution in [0.5, 0.6) is 5.75 Å². The summed E-state index contributed by atoms with van der Waals surface area (Å²) in [6.07, 6.45) is 2.06. The van der Waals surface area contributed by atoms with Crippen molar-refractivity contribution in [2.24, 2.45) is 12.0 Å². The molecular weight excluding hydrogens is 288 g/mol. The Morgan fingerprint density at radius 3 is 2.65 bits per heavy atom. The van der Waals surface area contributed by atoms with E-state index in [-0.39, 0.29) is 0 Å². The fourth-order valence-electron chi connectivity index (χ4n) is 2.28. The van der Waals surface area contributed by atoms with Crippen molar-refractivity contribution in [2.75, 3.05) is 26.7 Å². The molecule has 1 aromatic heterocycles. The van der Waals surface area contributed by atoms with Gasteiger partial charge in [-0.25, -0.2) is 4.99 Å². The molecule has 2 rings (SSSR count). The second-order valence-corrected chi connectivity index (χ2v) is 5.36. The van der Waals surface area contributed by atoms with Crippen molar-refractivity contribution in [3.05, 3.63) is 54.4 Å². The van der Waals surface area contributed by atoms with E-state index in [0.717, 1.165) is 24.8 Å². The Bertz CT molecular complexity index is 606. The first-order valence-corrected chi connectivity index (χ1v) is 7.98. The third-order valence-corrected chi connectivity index (χ3v) is 3.51.